The quantitative estimate of drug-likeness (QED) is 0.777. The van der Waals surface area contributed by atoms with Gasteiger partial charge in [-0.05, 0) is 58.7 Å². The predicted octanol–water partition coefficient (Wildman–Crippen LogP) is 3.11. The minimum atomic E-state index is 0.307. The molecular formula is C16H24N2O. The molecule has 104 valence electrons. The van der Waals surface area contributed by atoms with Crippen LogP contribution in [0.2, 0.25) is 0 Å². The summed E-state index contributed by atoms with van der Waals surface area (Å²) in [6.45, 7) is 7.02. The Bertz CT molecular complexity index is 479. The van der Waals surface area contributed by atoms with Crippen LogP contribution in [0.4, 0.5) is 0 Å². The SMILES string of the molecule is Cc1cc(C(=O)CN2CCCCC2)c(C)n1C1CC1. The lowest BCUT2D eigenvalue weighted by molar-refractivity contribution is 0.0915. The lowest BCUT2D eigenvalue weighted by Gasteiger charge is -2.25. The molecule has 1 aromatic heterocycles. The third-order valence-corrected chi connectivity index (χ3v) is 4.51. The van der Waals surface area contributed by atoms with Crippen molar-refractivity contribution in [1.82, 2.24) is 9.47 Å². The van der Waals surface area contributed by atoms with Crippen molar-refractivity contribution < 1.29 is 4.79 Å². The van der Waals surface area contributed by atoms with Gasteiger partial charge in [-0.3, -0.25) is 9.69 Å². The Morgan fingerprint density at radius 3 is 2.53 bits per heavy atom. The van der Waals surface area contributed by atoms with Gasteiger partial charge in [-0.25, -0.2) is 0 Å². The lowest BCUT2D eigenvalue weighted by atomic mass is 10.1. The fourth-order valence-corrected chi connectivity index (χ4v) is 3.36. The van der Waals surface area contributed by atoms with Crippen LogP contribution in [-0.2, 0) is 0 Å². The Labute approximate surface area is 115 Å². The van der Waals surface area contributed by atoms with E-state index in [0.717, 1.165) is 18.7 Å². The van der Waals surface area contributed by atoms with E-state index in [1.54, 1.807) is 0 Å². The van der Waals surface area contributed by atoms with Crippen molar-refractivity contribution in [3.8, 4) is 0 Å². The summed E-state index contributed by atoms with van der Waals surface area (Å²) >= 11 is 0. The minimum Gasteiger partial charge on any atom is -0.345 e. The Morgan fingerprint density at radius 2 is 1.89 bits per heavy atom. The highest BCUT2D eigenvalue weighted by Crippen LogP contribution is 2.38. The summed E-state index contributed by atoms with van der Waals surface area (Å²) < 4.78 is 2.36. The van der Waals surface area contributed by atoms with Crippen molar-refractivity contribution in [2.24, 2.45) is 0 Å². The number of piperidine rings is 1. The average molecular weight is 260 g/mol. The van der Waals surface area contributed by atoms with Gasteiger partial charge >= 0.3 is 0 Å². The number of nitrogens with zero attached hydrogens (tertiary/aromatic N) is 2. The summed E-state index contributed by atoms with van der Waals surface area (Å²) in [5.74, 6) is 0.307. The highest BCUT2D eigenvalue weighted by Gasteiger charge is 2.28. The highest BCUT2D eigenvalue weighted by atomic mass is 16.1. The molecule has 1 saturated heterocycles. The van der Waals surface area contributed by atoms with E-state index in [4.69, 9.17) is 0 Å². The van der Waals surface area contributed by atoms with Gasteiger partial charge in [-0.2, -0.15) is 0 Å². The van der Waals surface area contributed by atoms with Crippen LogP contribution in [0, 0.1) is 13.8 Å². The first-order valence-corrected chi connectivity index (χ1v) is 7.61. The number of rotatable bonds is 4. The second kappa shape index (κ2) is 5.12. The zero-order valence-corrected chi connectivity index (χ0v) is 12.1. The van der Waals surface area contributed by atoms with E-state index in [9.17, 15) is 4.79 Å². The van der Waals surface area contributed by atoms with Gasteiger partial charge in [0.2, 0.25) is 0 Å². The number of Topliss-reactive ketones (excluding diaryl/α,β-unsaturated/α-hetero) is 1. The molecule has 1 aliphatic heterocycles. The molecule has 0 aromatic carbocycles. The Balaban J connectivity index is 1.74. The molecular weight excluding hydrogens is 236 g/mol. The third-order valence-electron chi connectivity index (χ3n) is 4.51. The zero-order valence-electron chi connectivity index (χ0n) is 12.1. The summed E-state index contributed by atoms with van der Waals surface area (Å²) in [4.78, 5) is 14.8. The minimum absolute atomic E-state index is 0.307. The van der Waals surface area contributed by atoms with Crippen molar-refractivity contribution in [3.05, 3.63) is 23.0 Å². The molecule has 2 fully saturated rings. The predicted molar refractivity (Wildman–Crippen MR) is 76.8 cm³/mol. The molecule has 1 saturated carbocycles. The van der Waals surface area contributed by atoms with Crippen LogP contribution in [0.5, 0.6) is 0 Å². The fourth-order valence-electron chi connectivity index (χ4n) is 3.36. The molecule has 1 aromatic rings. The van der Waals surface area contributed by atoms with E-state index in [1.807, 2.05) is 0 Å². The van der Waals surface area contributed by atoms with Crippen molar-refractivity contribution >= 4 is 5.78 Å². The molecule has 3 rings (SSSR count). The van der Waals surface area contributed by atoms with Gasteiger partial charge in [-0.15, -0.1) is 0 Å². The first kappa shape index (κ1) is 12.9. The zero-order chi connectivity index (χ0) is 13.4. The molecule has 3 heteroatoms. The molecule has 0 bridgehead atoms. The molecule has 0 spiro atoms. The monoisotopic (exact) mass is 260 g/mol. The van der Waals surface area contributed by atoms with Crippen LogP contribution in [0.25, 0.3) is 0 Å². The number of carbonyl (C=O) groups is 1. The molecule has 2 aliphatic rings. The highest BCUT2D eigenvalue weighted by molar-refractivity contribution is 5.99. The molecule has 3 nitrogen and oxygen atoms in total. The molecule has 0 radical (unpaired) electrons. The van der Waals surface area contributed by atoms with Crippen molar-refractivity contribution in [2.75, 3.05) is 19.6 Å². The van der Waals surface area contributed by atoms with Gasteiger partial charge in [0.1, 0.15) is 0 Å². The van der Waals surface area contributed by atoms with Crippen LogP contribution in [0.1, 0.15) is 59.9 Å². The van der Waals surface area contributed by atoms with Crippen LogP contribution in [-0.4, -0.2) is 34.9 Å². The maximum Gasteiger partial charge on any atom is 0.178 e. The van der Waals surface area contributed by atoms with Crippen molar-refractivity contribution in [3.63, 3.8) is 0 Å². The molecule has 0 atom stereocenters. The van der Waals surface area contributed by atoms with Gasteiger partial charge in [-0.1, -0.05) is 6.42 Å². The molecule has 1 aliphatic carbocycles. The lowest BCUT2D eigenvalue weighted by Crippen LogP contribution is -2.34. The summed E-state index contributed by atoms with van der Waals surface area (Å²) in [6.07, 6.45) is 6.36. The summed E-state index contributed by atoms with van der Waals surface area (Å²) in [7, 11) is 0. The molecule has 0 amide bonds. The van der Waals surface area contributed by atoms with Gasteiger partial charge in [0.05, 0.1) is 6.54 Å². The maximum absolute atomic E-state index is 12.5. The second-order valence-electron chi connectivity index (χ2n) is 6.15. The Morgan fingerprint density at radius 1 is 1.21 bits per heavy atom. The van der Waals surface area contributed by atoms with Crippen LogP contribution < -0.4 is 0 Å². The summed E-state index contributed by atoms with van der Waals surface area (Å²) in [6, 6.07) is 2.76. The number of hydrogen-bond acceptors (Lipinski definition) is 2. The molecule has 0 N–H and O–H groups in total. The normalized spacial score (nSPS) is 20.7. The number of aromatic nitrogens is 1. The summed E-state index contributed by atoms with van der Waals surface area (Å²) in [5.41, 5.74) is 3.39. The smallest absolute Gasteiger partial charge is 0.178 e. The van der Waals surface area contributed by atoms with Gasteiger partial charge < -0.3 is 4.57 Å². The maximum atomic E-state index is 12.5. The van der Waals surface area contributed by atoms with Gasteiger partial charge in [0.15, 0.2) is 5.78 Å². The Kier molecular flexibility index (Phi) is 3.48. The van der Waals surface area contributed by atoms with Crippen molar-refractivity contribution in [2.45, 2.75) is 52.0 Å². The molecule has 19 heavy (non-hydrogen) atoms. The number of ketones is 1. The first-order valence-electron chi connectivity index (χ1n) is 7.61. The van der Waals surface area contributed by atoms with Gasteiger partial charge in [0, 0.05) is 23.0 Å². The number of carbonyl (C=O) groups excluding carboxylic acids is 1. The van der Waals surface area contributed by atoms with Crippen LogP contribution in [0.3, 0.4) is 0 Å². The van der Waals surface area contributed by atoms with E-state index >= 15 is 0 Å². The van der Waals surface area contributed by atoms with Gasteiger partial charge in [0.25, 0.3) is 0 Å². The second-order valence-corrected chi connectivity index (χ2v) is 6.15. The first-order chi connectivity index (χ1) is 9.16. The van der Waals surface area contributed by atoms with Crippen LogP contribution >= 0.6 is 0 Å². The topological polar surface area (TPSA) is 25.2 Å². The molecule has 2 heterocycles. The van der Waals surface area contributed by atoms with Crippen LogP contribution in [0.15, 0.2) is 6.07 Å². The van der Waals surface area contributed by atoms with Crippen molar-refractivity contribution in [1.29, 1.82) is 0 Å². The number of aryl methyl sites for hydroxylation is 1. The van der Waals surface area contributed by atoms with E-state index in [2.05, 4.69) is 29.4 Å². The third kappa shape index (κ3) is 2.62. The van der Waals surface area contributed by atoms with E-state index in [-0.39, 0.29) is 0 Å². The van der Waals surface area contributed by atoms with E-state index in [1.165, 1.54) is 43.5 Å². The Hall–Kier alpha value is -1.09. The molecule has 0 unspecified atom stereocenters. The number of hydrogen-bond donors (Lipinski definition) is 0. The average Bonchev–Trinajstić information content (AvgIpc) is 3.17. The standard InChI is InChI=1S/C16H24N2O/c1-12-10-15(13(2)18(12)14-6-7-14)16(19)11-17-8-4-3-5-9-17/h10,14H,3-9,11H2,1-2H3. The largest absolute Gasteiger partial charge is 0.345 e. The van der Waals surface area contributed by atoms with E-state index < -0.39 is 0 Å². The number of likely N-dealkylation sites (tertiary alicyclic amines) is 1. The summed E-state index contributed by atoms with van der Waals surface area (Å²) in [5, 5.41) is 0. The fraction of sp³-hybridized carbons (Fsp3) is 0.688. The van der Waals surface area contributed by atoms with E-state index in [0.29, 0.717) is 18.4 Å².